The standard InChI is InChI=1S/C14H18BrNO2/c1-10(6-7-15)9-16-14(17)13-8-11-4-2-3-5-12(11)18-13/h2-5,10,13H,6-9H2,1H3,(H,16,17). The number of ether oxygens (including phenoxy) is 1. The summed E-state index contributed by atoms with van der Waals surface area (Å²) in [5.41, 5.74) is 1.12. The summed E-state index contributed by atoms with van der Waals surface area (Å²) in [6.45, 7) is 2.84. The highest BCUT2D eigenvalue weighted by atomic mass is 79.9. The second-order valence-electron chi connectivity index (χ2n) is 4.75. The number of amides is 1. The van der Waals surface area contributed by atoms with Crippen LogP contribution < -0.4 is 10.1 Å². The minimum atomic E-state index is -0.362. The molecule has 3 nitrogen and oxygen atoms in total. The van der Waals surface area contributed by atoms with Crippen LogP contribution in [0.4, 0.5) is 0 Å². The van der Waals surface area contributed by atoms with Gasteiger partial charge >= 0.3 is 0 Å². The van der Waals surface area contributed by atoms with Gasteiger partial charge in [-0.3, -0.25) is 4.79 Å². The van der Waals surface area contributed by atoms with Crippen LogP contribution >= 0.6 is 15.9 Å². The highest BCUT2D eigenvalue weighted by Gasteiger charge is 2.28. The molecule has 0 bridgehead atoms. The van der Waals surface area contributed by atoms with Crippen molar-refractivity contribution in [3.8, 4) is 5.75 Å². The van der Waals surface area contributed by atoms with Crippen LogP contribution in [0.15, 0.2) is 24.3 Å². The summed E-state index contributed by atoms with van der Waals surface area (Å²) in [6, 6.07) is 7.82. The summed E-state index contributed by atoms with van der Waals surface area (Å²) >= 11 is 3.41. The summed E-state index contributed by atoms with van der Waals surface area (Å²) in [7, 11) is 0. The van der Waals surface area contributed by atoms with Crippen molar-refractivity contribution in [2.75, 3.05) is 11.9 Å². The first kappa shape index (κ1) is 13.4. The molecule has 0 spiro atoms. The Kier molecular flexibility index (Phi) is 4.64. The molecule has 18 heavy (non-hydrogen) atoms. The van der Waals surface area contributed by atoms with Crippen LogP contribution in [0.3, 0.4) is 0 Å². The molecule has 1 amide bonds. The second-order valence-corrected chi connectivity index (χ2v) is 5.54. The molecule has 1 aliphatic rings. The van der Waals surface area contributed by atoms with Crippen molar-refractivity contribution < 1.29 is 9.53 Å². The molecule has 0 aromatic heterocycles. The lowest BCUT2D eigenvalue weighted by Gasteiger charge is -2.14. The zero-order chi connectivity index (χ0) is 13.0. The molecule has 1 aromatic carbocycles. The van der Waals surface area contributed by atoms with E-state index < -0.39 is 0 Å². The summed E-state index contributed by atoms with van der Waals surface area (Å²) in [5, 5.41) is 3.93. The lowest BCUT2D eigenvalue weighted by atomic mass is 10.1. The summed E-state index contributed by atoms with van der Waals surface area (Å²) in [4.78, 5) is 12.0. The fourth-order valence-corrected chi connectivity index (χ4v) is 2.79. The van der Waals surface area contributed by atoms with Gasteiger partial charge in [0.15, 0.2) is 6.10 Å². The molecule has 0 saturated carbocycles. The first-order valence-electron chi connectivity index (χ1n) is 6.29. The Hall–Kier alpha value is -1.03. The van der Waals surface area contributed by atoms with Gasteiger partial charge in [0, 0.05) is 18.3 Å². The maximum atomic E-state index is 12.0. The highest BCUT2D eigenvalue weighted by Crippen LogP contribution is 2.28. The van der Waals surface area contributed by atoms with E-state index in [0.717, 1.165) is 23.1 Å². The Bertz CT molecular complexity index is 397. The lowest BCUT2D eigenvalue weighted by Crippen LogP contribution is -2.39. The largest absolute Gasteiger partial charge is 0.480 e. The number of halogens is 1. The van der Waals surface area contributed by atoms with Gasteiger partial charge in [-0.2, -0.15) is 0 Å². The fraction of sp³-hybridized carbons (Fsp3) is 0.500. The fourth-order valence-electron chi connectivity index (χ4n) is 2.01. The molecule has 0 fully saturated rings. The predicted molar refractivity (Wildman–Crippen MR) is 75.1 cm³/mol. The van der Waals surface area contributed by atoms with Crippen molar-refractivity contribution in [1.82, 2.24) is 5.32 Å². The molecule has 1 aromatic rings. The number of fused-ring (bicyclic) bond motifs is 1. The number of rotatable bonds is 5. The van der Waals surface area contributed by atoms with Crippen molar-refractivity contribution in [3.63, 3.8) is 0 Å². The molecule has 2 atom stereocenters. The Labute approximate surface area is 116 Å². The van der Waals surface area contributed by atoms with Crippen LogP contribution in [0.25, 0.3) is 0 Å². The molecule has 0 radical (unpaired) electrons. The molecule has 4 heteroatoms. The first-order chi connectivity index (χ1) is 8.70. The summed E-state index contributed by atoms with van der Waals surface area (Å²) < 4.78 is 5.64. The maximum absolute atomic E-state index is 12.0. The Morgan fingerprint density at radius 1 is 1.56 bits per heavy atom. The average Bonchev–Trinajstić information content (AvgIpc) is 2.80. The van der Waals surface area contributed by atoms with Crippen molar-refractivity contribution >= 4 is 21.8 Å². The van der Waals surface area contributed by atoms with Crippen LogP contribution in [0.5, 0.6) is 5.75 Å². The molecule has 0 saturated heterocycles. The second kappa shape index (κ2) is 6.23. The molecule has 1 N–H and O–H groups in total. The van der Waals surface area contributed by atoms with E-state index >= 15 is 0 Å². The van der Waals surface area contributed by atoms with E-state index in [1.165, 1.54) is 0 Å². The van der Waals surface area contributed by atoms with Crippen LogP contribution in [-0.2, 0) is 11.2 Å². The smallest absolute Gasteiger partial charge is 0.261 e. The van der Waals surface area contributed by atoms with Gasteiger partial charge in [-0.15, -0.1) is 0 Å². The molecule has 2 unspecified atom stereocenters. The third kappa shape index (κ3) is 3.25. The number of carbonyl (C=O) groups excluding carboxylic acids is 1. The average molecular weight is 312 g/mol. The van der Waals surface area contributed by atoms with Gasteiger partial charge in [-0.05, 0) is 24.0 Å². The van der Waals surface area contributed by atoms with Crippen LogP contribution in [-0.4, -0.2) is 23.9 Å². The van der Waals surface area contributed by atoms with E-state index in [0.29, 0.717) is 18.9 Å². The Morgan fingerprint density at radius 2 is 2.33 bits per heavy atom. The van der Waals surface area contributed by atoms with Gasteiger partial charge in [-0.25, -0.2) is 0 Å². The maximum Gasteiger partial charge on any atom is 0.261 e. The normalized spacial score (nSPS) is 18.9. The number of hydrogen-bond acceptors (Lipinski definition) is 2. The Balaban J connectivity index is 1.82. The van der Waals surface area contributed by atoms with E-state index in [1.54, 1.807) is 0 Å². The molecule has 2 rings (SSSR count). The SMILES string of the molecule is CC(CCBr)CNC(=O)C1Cc2ccccc2O1. The summed E-state index contributed by atoms with van der Waals surface area (Å²) in [5.74, 6) is 1.32. The van der Waals surface area contributed by atoms with Crippen LogP contribution in [0.1, 0.15) is 18.9 Å². The van der Waals surface area contributed by atoms with Gasteiger partial charge in [0.2, 0.25) is 0 Å². The molecule has 0 aliphatic carbocycles. The van der Waals surface area contributed by atoms with Crippen molar-refractivity contribution in [2.24, 2.45) is 5.92 Å². The molecule has 1 heterocycles. The number of carbonyl (C=O) groups is 1. The number of benzene rings is 1. The minimum Gasteiger partial charge on any atom is -0.480 e. The van der Waals surface area contributed by atoms with Gasteiger partial charge in [0.25, 0.3) is 5.91 Å². The number of alkyl halides is 1. The molecule has 1 aliphatic heterocycles. The molecular weight excluding hydrogens is 294 g/mol. The van der Waals surface area contributed by atoms with Crippen molar-refractivity contribution in [1.29, 1.82) is 0 Å². The third-order valence-corrected chi connectivity index (χ3v) is 3.62. The van der Waals surface area contributed by atoms with E-state index in [9.17, 15) is 4.79 Å². The lowest BCUT2D eigenvalue weighted by molar-refractivity contribution is -0.127. The van der Waals surface area contributed by atoms with E-state index in [2.05, 4.69) is 28.2 Å². The van der Waals surface area contributed by atoms with Crippen LogP contribution in [0, 0.1) is 5.92 Å². The predicted octanol–water partition coefficient (Wildman–Crippen LogP) is 2.53. The quantitative estimate of drug-likeness (QED) is 0.849. The molecular formula is C14H18BrNO2. The minimum absolute atomic E-state index is 0.00683. The molecule has 98 valence electrons. The topological polar surface area (TPSA) is 38.3 Å². The van der Waals surface area contributed by atoms with Gasteiger partial charge in [0.05, 0.1) is 0 Å². The van der Waals surface area contributed by atoms with Crippen LogP contribution in [0.2, 0.25) is 0 Å². The highest BCUT2D eigenvalue weighted by molar-refractivity contribution is 9.09. The van der Waals surface area contributed by atoms with E-state index in [1.807, 2.05) is 24.3 Å². The van der Waals surface area contributed by atoms with E-state index in [-0.39, 0.29) is 12.0 Å². The van der Waals surface area contributed by atoms with Gasteiger partial charge < -0.3 is 10.1 Å². The Morgan fingerprint density at radius 3 is 3.06 bits per heavy atom. The van der Waals surface area contributed by atoms with Gasteiger partial charge in [-0.1, -0.05) is 41.1 Å². The number of hydrogen-bond donors (Lipinski definition) is 1. The zero-order valence-electron chi connectivity index (χ0n) is 10.5. The first-order valence-corrected chi connectivity index (χ1v) is 7.41. The number of nitrogens with one attached hydrogen (secondary N) is 1. The van der Waals surface area contributed by atoms with Crippen molar-refractivity contribution in [3.05, 3.63) is 29.8 Å². The van der Waals surface area contributed by atoms with Gasteiger partial charge in [0.1, 0.15) is 5.75 Å². The zero-order valence-corrected chi connectivity index (χ0v) is 12.1. The third-order valence-electron chi connectivity index (χ3n) is 3.17. The number of para-hydroxylation sites is 1. The monoisotopic (exact) mass is 311 g/mol. The van der Waals surface area contributed by atoms with Crippen molar-refractivity contribution in [2.45, 2.75) is 25.9 Å². The van der Waals surface area contributed by atoms with E-state index in [4.69, 9.17) is 4.74 Å². The summed E-state index contributed by atoms with van der Waals surface area (Å²) in [6.07, 6.45) is 1.37.